The molecule has 2 aliphatic heterocycles. The van der Waals surface area contributed by atoms with Crippen molar-refractivity contribution >= 4 is 17.4 Å². The molecule has 7 nitrogen and oxygen atoms in total. The summed E-state index contributed by atoms with van der Waals surface area (Å²) < 4.78 is 11.3. The summed E-state index contributed by atoms with van der Waals surface area (Å²) in [4.78, 5) is 30.3. The molecule has 0 spiro atoms. The van der Waals surface area contributed by atoms with E-state index in [4.69, 9.17) is 9.47 Å². The van der Waals surface area contributed by atoms with Crippen molar-refractivity contribution in [1.82, 2.24) is 9.80 Å². The fourth-order valence-corrected chi connectivity index (χ4v) is 4.84. The second-order valence-electron chi connectivity index (χ2n) is 8.72. The smallest absolute Gasteiger partial charge is 0.295 e. The minimum absolute atomic E-state index is 0.0617. The van der Waals surface area contributed by atoms with Crippen LogP contribution < -0.4 is 9.47 Å². The molecule has 7 heteroatoms. The summed E-state index contributed by atoms with van der Waals surface area (Å²) in [6, 6.07) is 12.0. The molecule has 2 aromatic rings. The number of aliphatic hydroxyl groups excluding tert-OH is 1. The predicted molar refractivity (Wildman–Crippen MR) is 130 cm³/mol. The molecule has 1 N–H and O–H groups in total. The number of likely N-dealkylation sites (N-methyl/N-ethyl adjacent to an activating group) is 1. The highest BCUT2D eigenvalue weighted by molar-refractivity contribution is 6.46. The molecule has 2 heterocycles. The third kappa shape index (κ3) is 4.28. The number of fused-ring (bicyclic) bond motifs is 1. The highest BCUT2D eigenvalue weighted by atomic mass is 16.5. The Morgan fingerprint density at radius 3 is 2.62 bits per heavy atom. The number of methoxy groups -OCH3 is 1. The number of carbonyl (C=O) groups excluding carboxylic acids is 2. The Labute approximate surface area is 200 Å². The summed E-state index contributed by atoms with van der Waals surface area (Å²) >= 11 is 0. The van der Waals surface area contributed by atoms with Gasteiger partial charge in [-0.05, 0) is 49.8 Å². The van der Waals surface area contributed by atoms with Gasteiger partial charge in [-0.3, -0.25) is 9.59 Å². The van der Waals surface area contributed by atoms with Gasteiger partial charge in [0.05, 0.1) is 18.7 Å². The first-order valence-electron chi connectivity index (χ1n) is 11.8. The van der Waals surface area contributed by atoms with Gasteiger partial charge < -0.3 is 24.4 Å². The number of likely N-dealkylation sites (tertiary alicyclic amines) is 1. The summed E-state index contributed by atoms with van der Waals surface area (Å²) in [6.45, 7) is 8.79. The minimum Gasteiger partial charge on any atom is -0.507 e. The summed E-state index contributed by atoms with van der Waals surface area (Å²) in [6.07, 6.45) is 0.788. The number of hydrogen-bond acceptors (Lipinski definition) is 6. The highest BCUT2D eigenvalue weighted by Gasteiger charge is 2.47. The van der Waals surface area contributed by atoms with E-state index >= 15 is 0 Å². The van der Waals surface area contributed by atoms with Crippen LogP contribution in [0.2, 0.25) is 0 Å². The van der Waals surface area contributed by atoms with Crippen LogP contribution in [0.1, 0.15) is 43.5 Å². The van der Waals surface area contributed by atoms with Crippen LogP contribution in [0.4, 0.5) is 0 Å². The summed E-state index contributed by atoms with van der Waals surface area (Å²) in [7, 11) is 1.56. The normalized spacial score (nSPS) is 21.1. The first kappa shape index (κ1) is 23.8. The van der Waals surface area contributed by atoms with E-state index < -0.39 is 17.7 Å². The van der Waals surface area contributed by atoms with Gasteiger partial charge in [-0.1, -0.05) is 32.0 Å². The van der Waals surface area contributed by atoms with Crippen LogP contribution >= 0.6 is 0 Å². The molecule has 4 rings (SSSR count). The molecule has 0 saturated carbocycles. The van der Waals surface area contributed by atoms with Crippen molar-refractivity contribution in [3.05, 3.63) is 64.7 Å². The quantitative estimate of drug-likeness (QED) is 0.364. The Balaban J connectivity index is 1.82. The monoisotopic (exact) mass is 464 g/mol. The molecule has 2 aromatic carbocycles. The number of benzene rings is 2. The number of nitrogens with zero attached hydrogens (tertiary/aromatic N) is 2. The Bertz CT molecular complexity index is 1120. The van der Waals surface area contributed by atoms with Gasteiger partial charge in [-0.15, -0.1) is 0 Å². The molecular weight excluding hydrogens is 432 g/mol. The van der Waals surface area contributed by atoms with Gasteiger partial charge in [0.1, 0.15) is 23.4 Å². The van der Waals surface area contributed by atoms with E-state index in [1.165, 1.54) is 0 Å². The standard InChI is InChI=1S/C27H32N2O5/c1-5-28(6-2)13-14-29-24(20-9-7-8-10-22(20)33-4)23(26(31)27(29)32)25(30)18-11-12-21-19(16-18)15-17(3)34-21/h7-12,16-17,24,30H,5-6,13-15H2,1-4H3/b25-23+. The van der Waals surface area contributed by atoms with E-state index in [1.807, 2.05) is 37.3 Å². The van der Waals surface area contributed by atoms with Crippen molar-refractivity contribution in [3.8, 4) is 11.5 Å². The number of hydrogen-bond donors (Lipinski definition) is 1. The summed E-state index contributed by atoms with van der Waals surface area (Å²) in [5, 5.41) is 11.4. The van der Waals surface area contributed by atoms with Gasteiger partial charge in [0.25, 0.3) is 11.7 Å². The maximum atomic E-state index is 13.3. The number of aliphatic hydroxyl groups is 1. The van der Waals surface area contributed by atoms with Crippen molar-refractivity contribution < 1.29 is 24.2 Å². The predicted octanol–water partition coefficient (Wildman–Crippen LogP) is 3.78. The topological polar surface area (TPSA) is 79.3 Å². The lowest BCUT2D eigenvalue weighted by atomic mass is 9.94. The fourth-order valence-electron chi connectivity index (χ4n) is 4.84. The molecule has 1 saturated heterocycles. The van der Waals surface area contributed by atoms with Crippen LogP contribution in [0.5, 0.6) is 11.5 Å². The van der Waals surface area contributed by atoms with Gasteiger partial charge >= 0.3 is 0 Å². The lowest BCUT2D eigenvalue weighted by molar-refractivity contribution is -0.140. The van der Waals surface area contributed by atoms with E-state index in [9.17, 15) is 14.7 Å². The number of amides is 1. The SMILES string of the molecule is CCN(CC)CCN1C(=O)C(=O)/C(=C(/O)c2ccc3c(c2)CC(C)O3)C1c1ccccc1OC. The van der Waals surface area contributed by atoms with E-state index in [0.717, 1.165) is 30.8 Å². The van der Waals surface area contributed by atoms with Crippen molar-refractivity contribution in [2.24, 2.45) is 0 Å². The van der Waals surface area contributed by atoms with Crippen LogP contribution in [-0.2, 0) is 16.0 Å². The van der Waals surface area contributed by atoms with Gasteiger partial charge in [0, 0.05) is 30.6 Å². The fraction of sp³-hybridized carbons (Fsp3) is 0.407. The average molecular weight is 465 g/mol. The molecule has 2 atom stereocenters. The number of rotatable bonds is 8. The van der Waals surface area contributed by atoms with Gasteiger partial charge in [0.15, 0.2) is 0 Å². The van der Waals surface area contributed by atoms with Crippen LogP contribution in [0.15, 0.2) is 48.0 Å². The number of Topliss-reactive ketones (excluding diaryl/α,β-unsaturated/α-hetero) is 1. The largest absolute Gasteiger partial charge is 0.507 e. The highest BCUT2D eigenvalue weighted by Crippen LogP contribution is 2.43. The summed E-state index contributed by atoms with van der Waals surface area (Å²) in [5.74, 6) is -0.128. The van der Waals surface area contributed by atoms with E-state index in [0.29, 0.717) is 30.0 Å². The average Bonchev–Trinajstić information content (AvgIpc) is 3.34. The van der Waals surface area contributed by atoms with Gasteiger partial charge in [0.2, 0.25) is 0 Å². The van der Waals surface area contributed by atoms with E-state index in [-0.39, 0.29) is 17.4 Å². The zero-order chi connectivity index (χ0) is 24.4. The third-order valence-corrected chi connectivity index (χ3v) is 6.69. The van der Waals surface area contributed by atoms with E-state index in [1.54, 1.807) is 24.1 Å². The first-order valence-corrected chi connectivity index (χ1v) is 11.8. The number of ether oxygens (including phenoxy) is 2. The van der Waals surface area contributed by atoms with Crippen LogP contribution in [-0.4, -0.2) is 66.0 Å². The molecule has 180 valence electrons. The number of ketones is 1. The molecule has 0 bridgehead atoms. The molecule has 1 fully saturated rings. The van der Waals surface area contributed by atoms with Crippen molar-refractivity contribution in [2.75, 3.05) is 33.3 Å². The molecule has 0 aliphatic carbocycles. The molecule has 0 radical (unpaired) electrons. The van der Waals surface area contributed by atoms with Crippen LogP contribution in [0, 0.1) is 0 Å². The second kappa shape index (κ2) is 9.89. The van der Waals surface area contributed by atoms with Crippen LogP contribution in [0.25, 0.3) is 5.76 Å². The van der Waals surface area contributed by atoms with Crippen molar-refractivity contribution in [3.63, 3.8) is 0 Å². The van der Waals surface area contributed by atoms with Crippen molar-refractivity contribution in [2.45, 2.75) is 39.3 Å². The Morgan fingerprint density at radius 2 is 1.91 bits per heavy atom. The molecule has 0 aromatic heterocycles. The molecule has 1 amide bonds. The molecule has 2 unspecified atom stereocenters. The minimum atomic E-state index is -0.741. The second-order valence-corrected chi connectivity index (χ2v) is 8.72. The van der Waals surface area contributed by atoms with Gasteiger partial charge in [-0.25, -0.2) is 0 Å². The van der Waals surface area contributed by atoms with Crippen LogP contribution in [0.3, 0.4) is 0 Å². The molecule has 2 aliphatic rings. The Kier molecular flexibility index (Phi) is 6.93. The van der Waals surface area contributed by atoms with E-state index in [2.05, 4.69) is 18.7 Å². The summed E-state index contributed by atoms with van der Waals surface area (Å²) in [5.41, 5.74) is 2.23. The Hall–Kier alpha value is -3.32. The number of para-hydroxylation sites is 1. The maximum absolute atomic E-state index is 13.3. The first-order chi connectivity index (χ1) is 16.4. The lowest BCUT2D eigenvalue weighted by Gasteiger charge is -2.29. The zero-order valence-electron chi connectivity index (χ0n) is 20.2. The molecular formula is C27H32N2O5. The number of carbonyl (C=O) groups is 2. The Morgan fingerprint density at radius 1 is 1.18 bits per heavy atom. The molecule has 34 heavy (non-hydrogen) atoms. The van der Waals surface area contributed by atoms with Gasteiger partial charge in [-0.2, -0.15) is 0 Å². The maximum Gasteiger partial charge on any atom is 0.295 e. The third-order valence-electron chi connectivity index (χ3n) is 6.69. The van der Waals surface area contributed by atoms with Crippen molar-refractivity contribution in [1.29, 1.82) is 0 Å². The zero-order valence-corrected chi connectivity index (χ0v) is 20.2. The lowest BCUT2D eigenvalue weighted by Crippen LogP contribution is -2.38.